The average molecular weight is 926 g/mol. The van der Waals surface area contributed by atoms with Crippen LogP contribution in [0.4, 0.5) is 13.2 Å². The van der Waals surface area contributed by atoms with Crippen LogP contribution in [0.3, 0.4) is 0 Å². The molecule has 2 aromatic heterocycles. The summed E-state index contributed by atoms with van der Waals surface area (Å²) in [5.41, 5.74) is 1.98. The lowest BCUT2D eigenvalue weighted by molar-refractivity contribution is -0.274. The van der Waals surface area contributed by atoms with Crippen LogP contribution in [0.2, 0.25) is 0 Å². The summed E-state index contributed by atoms with van der Waals surface area (Å²) in [6, 6.07) is 9.96. The number of carbonyl (C=O) groups excluding carboxylic acids is 3. The lowest BCUT2D eigenvalue weighted by Gasteiger charge is -2.29. The molecular weight excluding hydrogens is 872 g/mol. The molecular formula is C46H54F3N5O8S2. The van der Waals surface area contributed by atoms with Crippen molar-refractivity contribution in [3.63, 3.8) is 0 Å². The van der Waals surface area contributed by atoms with Crippen molar-refractivity contribution in [1.29, 1.82) is 0 Å². The second kappa shape index (κ2) is 18.8. The van der Waals surface area contributed by atoms with Crippen molar-refractivity contribution in [2.24, 2.45) is 17.3 Å². The minimum Gasteiger partial charge on any atom is -0.496 e. The number of benzene rings is 2. The summed E-state index contributed by atoms with van der Waals surface area (Å²) in [6.45, 7) is 6.00. The molecule has 13 nitrogen and oxygen atoms in total. The number of pyridine rings is 1. The smallest absolute Gasteiger partial charge is 0.496 e. The van der Waals surface area contributed by atoms with Gasteiger partial charge in [-0.2, -0.15) is 12.7 Å². The SMILES string of the molecule is COc1ccc2c(O[C@@H]3C[C@H]4C(=O)C[C@]5(C(=O)NS(=O)(=O)N(C)C)C[C@@H]5/C=C\CCCCC[C@H](Cc5cccc(OC(F)(F)F)c5)C(=O)N4C3)cc(-c3nc(C(C)C)cs3)nc2c1C. The zero-order chi connectivity index (χ0) is 46.1. The Balaban J connectivity index is 1.27. The third-order valence-electron chi connectivity index (χ3n) is 12.4. The number of nitrogens with zero attached hydrogens (tertiary/aromatic N) is 4. The highest BCUT2D eigenvalue weighted by molar-refractivity contribution is 7.87. The number of ether oxygens (including phenoxy) is 3. The van der Waals surface area contributed by atoms with Gasteiger partial charge >= 0.3 is 16.6 Å². The van der Waals surface area contributed by atoms with Crippen LogP contribution in [0.15, 0.2) is 60.0 Å². The number of amides is 2. The van der Waals surface area contributed by atoms with Crippen molar-refractivity contribution in [1.82, 2.24) is 23.9 Å². The van der Waals surface area contributed by atoms with Crippen molar-refractivity contribution in [3.8, 4) is 28.0 Å². The van der Waals surface area contributed by atoms with Gasteiger partial charge in [-0.25, -0.2) is 14.7 Å². The largest absolute Gasteiger partial charge is 0.573 e. The summed E-state index contributed by atoms with van der Waals surface area (Å²) < 4.78 is 85.1. The van der Waals surface area contributed by atoms with Gasteiger partial charge < -0.3 is 19.1 Å². The van der Waals surface area contributed by atoms with Gasteiger partial charge in [0.2, 0.25) is 11.8 Å². The molecule has 1 aliphatic carbocycles. The van der Waals surface area contributed by atoms with Crippen LogP contribution in [0.5, 0.6) is 17.2 Å². The predicted octanol–water partition coefficient (Wildman–Crippen LogP) is 8.31. The summed E-state index contributed by atoms with van der Waals surface area (Å²) in [4.78, 5) is 55.1. The molecule has 0 bridgehead atoms. The Morgan fingerprint density at radius 1 is 1.08 bits per heavy atom. The zero-order valence-electron chi connectivity index (χ0n) is 36.7. The molecule has 1 saturated carbocycles. The van der Waals surface area contributed by atoms with Gasteiger partial charge in [0.15, 0.2) is 5.78 Å². The molecule has 5 atom stereocenters. The van der Waals surface area contributed by atoms with Crippen LogP contribution >= 0.6 is 11.3 Å². The number of aryl methyl sites for hydroxylation is 1. The van der Waals surface area contributed by atoms with Crippen LogP contribution in [-0.2, 0) is 31.0 Å². The number of alkyl halides is 3. The normalized spacial score (nSPS) is 23.9. The van der Waals surface area contributed by atoms with E-state index < -0.39 is 63.4 Å². The van der Waals surface area contributed by atoms with Crippen LogP contribution in [-0.4, -0.2) is 91.4 Å². The van der Waals surface area contributed by atoms with E-state index in [9.17, 15) is 31.2 Å². The minimum atomic E-state index is -4.90. The van der Waals surface area contributed by atoms with E-state index in [2.05, 4.69) is 23.3 Å². The maximum Gasteiger partial charge on any atom is 0.573 e. The third kappa shape index (κ3) is 10.4. The number of nitrogens with one attached hydrogen (secondary N) is 1. The maximum atomic E-state index is 15.0. The van der Waals surface area contributed by atoms with Crippen molar-refractivity contribution >= 4 is 50.0 Å². The van der Waals surface area contributed by atoms with Gasteiger partial charge in [-0.15, -0.1) is 24.5 Å². The number of carbonyl (C=O) groups is 3. The highest BCUT2D eigenvalue weighted by atomic mass is 32.2. The first-order valence-corrected chi connectivity index (χ1v) is 23.8. The van der Waals surface area contributed by atoms with Gasteiger partial charge in [-0.3, -0.25) is 14.4 Å². The standard InChI is InChI=1S/C46H54F3N5O8S2/c1-27(2)36-26-63-42(51-36)35-22-40(34-17-18-39(60-6)28(3)41(34)50-35)61-33-21-37-38(55)24-45(44(57)52-64(58,59)53(4)5)23-31(45)15-11-9-7-8-10-14-30(43(56)54(37)25-33)19-29-13-12-16-32(20-29)62-46(47,48)49/h11-13,15-18,20,22,26-27,30-31,33,37H,7-10,14,19,21,23-25H2,1-6H3,(H,52,57)/b15-11-/t30-,31+,33-,37+,45-/m1/s1. The van der Waals surface area contributed by atoms with Gasteiger partial charge in [0, 0.05) is 55.3 Å². The number of Topliss-reactive ketones (excluding diaryl/α,β-unsaturated/α-hetero) is 1. The van der Waals surface area contributed by atoms with Gasteiger partial charge in [-0.1, -0.05) is 51.0 Å². The molecule has 2 aromatic carbocycles. The monoisotopic (exact) mass is 925 g/mol. The number of thiazole rings is 1. The molecule has 0 radical (unpaired) electrons. The molecule has 2 fully saturated rings. The Hall–Kier alpha value is -5.07. The second-order valence-electron chi connectivity index (χ2n) is 17.5. The molecule has 1 saturated heterocycles. The number of methoxy groups -OCH3 is 1. The van der Waals surface area contributed by atoms with E-state index >= 15 is 4.79 Å². The van der Waals surface area contributed by atoms with Gasteiger partial charge in [0.25, 0.3) is 0 Å². The Kier molecular flexibility index (Phi) is 13.8. The average Bonchev–Trinajstić information content (AvgIpc) is 3.51. The quantitative estimate of drug-likeness (QED) is 0.145. The molecule has 3 aliphatic rings. The van der Waals surface area contributed by atoms with E-state index in [0.717, 1.165) is 28.4 Å². The highest BCUT2D eigenvalue weighted by Gasteiger charge is 2.61. The Labute approximate surface area is 375 Å². The molecule has 4 heterocycles. The van der Waals surface area contributed by atoms with Crippen LogP contribution in [0.1, 0.15) is 88.0 Å². The summed E-state index contributed by atoms with van der Waals surface area (Å²) in [5, 5.41) is 3.35. The molecule has 0 spiro atoms. The van der Waals surface area contributed by atoms with Crippen LogP contribution < -0.4 is 18.9 Å². The highest BCUT2D eigenvalue weighted by Crippen LogP contribution is 2.57. The first-order valence-electron chi connectivity index (χ1n) is 21.5. The number of fused-ring (bicyclic) bond motifs is 3. The summed E-state index contributed by atoms with van der Waals surface area (Å²) in [5.74, 6) is -1.85. The van der Waals surface area contributed by atoms with Crippen molar-refractivity contribution in [2.75, 3.05) is 27.7 Å². The van der Waals surface area contributed by atoms with E-state index in [4.69, 9.17) is 19.4 Å². The van der Waals surface area contributed by atoms with Gasteiger partial charge in [0.05, 0.1) is 36.3 Å². The number of hydrogen-bond donors (Lipinski definition) is 1. The molecule has 1 N–H and O–H groups in total. The number of rotatable bonds is 11. The van der Waals surface area contributed by atoms with E-state index in [1.54, 1.807) is 19.2 Å². The van der Waals surface area contributed by atoms with E-state index in [1.807, 2.05) is 36.6 Å². The number of halogens is 3. The summed E-state index contributed by atoms with van der Waals surface area (Å²) >= 11 is 1.46. The van der Waals surface area contributed by atoms with Crippen molar-refractivity contribution in [3.05, 3.63) is 76.8 Å². The minimum absolute atomic E-state index is 0.0104. The lowest BCUT2D eigenvalue weighted by Crippen LogP contribution is -2.47. The first kappa shape index (κ1) is 46.9. The zero-order valence-corrected chi connectivity index (χ0v) is 38.4. The maximum absolute atomic E-state index is 15.0. The number of ketones is 1. The molecule has 64 heavy (non-hydrogen) atoms. The van der Waals surface area contributed by atoms with Crippen molar-refractivity contribution < 1.29 is 50.2 Å². The number of allylic oxidation sites excluding steroid dienone is 2. The Bertz CT molecular complexity index is 2550. The number of aromatic nitrogens is 2. The summed E-state index contributed by atoms with van der Waals surface area (Å²) in [7, 11) is -0.0196. The molecule has 0 unspecified atom stereocenters. The molecule has 4 aromatic rings. The summed E-state index contributed by atoms with van der Waals surface area (Å²) in [6.07, 6.45) is 1.47. The van der Waals surface area contributed by atoms with E-state index in [-0.39, 0.29) is 44.1 Å². The lowest BCUT2D eigenvalue weighted by atomic mass is 9.90. The van der Waals surface area contributed by atoms with Crippen LogP contribution in [0, 0.1) is 24.2 Å². The van der Waals surface area contributed by atoms with Gasteiger partial charge in [0.1, 0.15) is 34.1 Å². The van der Waals surface area contributed by atoms with Crippen molar-refractivity contribution in [2.45, 2.75) is 103 Å². The first-order chi connectivity index (χ1) is 30.3. The third-order valence-corrected chi connectivity index (χ3v) is 14.7. The molecule has 7 rings (SSSR count). The second-order valence-corrected chi connectivity index (χ2v) is 20.2. The molecule has 2 amide bonds. The molecule has 344 valence electrons. The fourth-order valence-corrected chi connectivity index (χ4v) is 10.3. The van der Waals surface area contributed by atoms with E-state index in [1.165, 1.54) is 48.5 Å². The Morgan fingerprint density at radius 2 is 1.86 bits per heavy atom. The van der Waals surface area contributed by atoms with Crippen LogP contribution in [0.25, 0.3) is 21.6 Å². The fourth-order valence-electron chi connectivity index (χ4n) is 8.75. The number of hydrogen-bond acceptors (Lipinski definition) is 11. The fraction of sp³-hybridized carbons (Fsp3) is 0.500. The predicted molar refractivity (Wildman–Crippen MR) is 236 cm³/mol. The van der Waals surface area contributed by atoms with E-state index in [0.29, 0.717) is 57.9 Å². The Morgan fingerprint density at radius 3 is 2.56 bits per heavy atom. The molecule has 2 aliphatic heterocycles. The molecule has 18 heteroatoms. The van der Waals surface area contributed by atoms with Gasteiger partial charge in [-0.05, 0) is 80.7 Å². The topological polar surface area (TPSA) is 157 Å².